The maximum Gasteiger partial charge on any atom is 0.212 e. The van der Waals surface area contributed by atoms with E-state index < -0.39 is 10.0 Å². The number of hydrogen-bond acceptors (Lipinski definition) is 4. The van der Waals surface area contributed by atoms with E-state index in [1.54, 1.807) is 0 Å². The Hall–Kier alpha value is -2.05. The van der Waals surface area contributed by atoms with Crippen LogP contribution in [0.15, 0.2) is 48.5 Å². The number of rotatable bonds is 8. The topological polar surface area (TPSA) is 64.6 Å². The van der Waals surface area contributed by atoms with Crippen molar-refractivity contribution in [3.63, 3.8) is 0 Å². The van der Waals surface area contributed by atoms with Crippen LogP contribution in [0, 0.1) is 0 Å². The fourth-order valence-corrected chi connectivity index (χ4v) is 4.56. The van der Waals surface area contributed by atoms with E-state index in [-0.39, 0.29) is 17.4 Å². The minimum Gasteiger partial charge on any atom is -0.490 e. The Labute approximate surface area is 161 Å². The first kappa shape index (κ1) is 19.7. The van der Waals surface area contributed by atoms with Gasteiger partial charge < -0.3 is 9.47 Å². The summed E-state index contributed by atoms with van der Waals surface area (Å²) >= 11 is 0. The van der Waals surface area contributed by atoms with Crippen molar-refractivity contribution in [2.45, 2.75) is 45.3 Å². The van der Waals surface area contributed by atoms with Crippen molar-refractivity contribution in [2.24, 2.45) is 0 Å². The molecule has 146 valence electrons. The maximum atomic E-state index is 12.3. The second-order valence-corrected chi connectivity index (χ2v) is 9.43. The molecule has 0 aromatic heterocycles. The van der Waals surface area contributed by atoms with Gasteiger partial charge in [-0.3, -0.25) is 0 Å². The molecular formula is C21H27NO4S. The molecule has 0 spiro atoms. The zero-order valence-corrected chi connectivity index (χ0v) is 16.9. The Morgan fingerprint density at radius 1 is 1.15 bits per heavy atom. The largest absolute Gasteiger partial charge is 0.490 e. The highest BCUT2D eigenvalue weighted by Crippen LogP contribution is 2.41. The monoisotopic (exact) mass is 389 g/mol. The first-order valence-electron chi connectivity index (χ1n) is 9.24. The average Bonchev–Trinajstić information content (AvgIpc) is 2.93. The molecule has 1 unspecified atom stereocenters. The van der Waals surface area contributed by atoms with Crippen molar-refractivity contribution in [3.05, 3.63) is 59.7 Å². The summed E-state index contributed by atoms with van der Waals surface area (Å²) in [7, 11) is -3.37. The van der Waals surface area contributed by atoms with Crippen LogP contribution in [0.2, 0.25) is 0 Å². The fourth-order valence-electron chi connectivity index (χ4n) is 3.27. The van der Waals surface area contributed by atoms with Crippen LogP contribution in [0.1, 0.15) is 44.4 Å². The molecule has 6 heteroatoms. The van der Waals surface area contributed by atoms with Gasteiger partial charge in [0.2, 0.25) is 10.0 Å². The van der Waals surface area contributed by atoms with Crippen LogP contribution in [-0.4, -0.2) is 26.4 Å². The number of benzene rings is 2. The van der Waals surface area contributed by atoms with Crippen LogP contribution in [0.5, 0.6) is 11.5 Å². The first-order valence-corrected chi connectivity index (χ1v) is 10.9. The predicted octanol–water partition coefficient (Wildman–Crippen LogP) is 3.85. The number of fused-ring (bicyclic) bond motifs is 1. The molecule has 0 saturated heterocycles. The van der Waals surface area contributed by atoms with Gasteiger partial charge in [-0.15, -0.1) is 0 Å². The van der Waals surface area contributed by atoms with E-state index in [4.69, 9.17) is 9.47 Å². The lowest BCUT2D eigenvalue weighted by molar-refractivity contribution is 0.132. The molecule has 5 nitrogen and oxygen atoms in total. The van der Waals surface area contributed by atoms with Gasteiger partial charge in [0.05, 0.1) is 12.4 Å². The summed E-state index contributed by atoms with van der Waals surface area (Å²) in [5.41, 5.74) is 1.84. The van der Waals surface area contributed by atoms with Gasteiger partial charge >= 0.3 is 0 Å². The Bertz CT molecular complexity index is 878. The first-order chi connectivity index (χ1) is 12.8. The second-order valence-electron chi connectivity index (χ2n) is 7.55. The van der Waals surface area contributed by atoms with E-state index in [9.17, 15) is 8.42 Å². The second kappa shape index (κ2) is 7.90. The van der Waals surface area contributed by atoms with Gasteiger partial charge in [0, 0.05) is 18.0 Å². The van der Waals surface area contributed by atoms with Crippen LogP contribution in [0.3, 0.4) is 0 Å². The fraction of sp³-hybridized carbons (Fsp3) is 0.429. The van der Waals surface area contributed by atoms with Crippen LogP contribution in [-0.2, 0) is 16.4 Å². The highest BCUT2D eigenvalue weighted by molar-refractivity contribution is 7.89. The summed E-state index contributed by atoms with van der Waals surface area (Å²) in [5.74, 6) is 1.48. The van der Waals surface area contributed by atoms with Crippen molar-refractivity contribution < 1.29 is 17.9 Å². The molecule has 1 N–H and O–H groups in total. The van der Waals surface area contributed by atoms with Gasteiger partial charge in [-0.1, -0.05) is 42.5 Å². The van der Waals surface area contributed by atoms with Gasteiger partial charge in [0.1, 0.15) is 5.60 Å². The van der Waals surface area contributed by atoms with Gasteiger partial charge in [0.25, 0.3) is 0 Å². The lowest BCUT2D eigenvalue weighted by Gasteiger charge is -2.18. The molecule has 0 saturated carbocycles. The predicted molar refractivity (Wildman–Crippen MR) is 107 cm³/mol. The number of sulfonamides is 1. The van der Waals surface area contributed by atoms with Crippen LogP contribution in [0.4, 0.5) is 0 Å². The maximum absolute atomic E-state index is 12.3. The Morgan fingerprint density at radius 3 is 2.63 bits per heavy atom. The molecular weight excluding hydrogens is 362 g/mol. The quantitative estimate of drug-likeness (QED) is 0.697. The third-order valence-electron chi connectivity index (χ3n) is 4.53. The summed E-state index contributed by atoms with van der Waals surface area (Å²) in [4.78, 5) is 0. The average molecular weight is 390 g/mol. The molecule has 1 atom stereocenters. The molecule has 0 amide bonds. The van der Waals surface area contributed by atoms with E-state index in [0.717, 1.165) is 23.3 Å². The minimum absolute atomic E-state index is 0.0194. The molecule has 2 aromatic rings. The molecule has 0 radical (unpaired) electrons. The highest BCUT2D eigenvalue weighted by atomic mass is 32.2. The minimum atomic E-state index is -3.37. The Balaban J connectivity index is 1.50. The van der Waals surface area contributed by atoms with Gasteiger partial charge in [-0.05, 0) is 38.8 Å². The Kier molecular flexibility index (Phi) is 5.77. The van der Waals surface area contributed by atoms with Crippen molar-refractivity contribution in [3.8, 4) is 11.5 Å². The lowest BCUT2D eigenvalue weighted by Crippen LogP contribution is -2.29. The van der Waals surface area contributed by atoms with Crippen LogP contribution < -0.4 is 14.2 Å². The highest BCUT2D eigenvalue weighted by Gasteiger charge is 2.32. The third kappa shape index (κ3) is 5.23. The van der Waals surface area contributed by atoms with Gasteiger partial charge in [0.15, 0.2) is 11.5 Å². The molecule has 27 heavy (non-hydrogen) atoms. The van der Waals surface area contributed by atoms with Gasteiger partial charge in [-0.2, -0.15) is 0 Å². The van der Waals surface area contributed by atoms with Crippen LogP contribution in [0.25, 0.3) is 0 Å². The van der Waals surface area contributed by atoms with E-state index >= 15 is 0 Å². The SMILES string of the molecule is CC(NS(=O)(=O)CCCOc1cccc2c1OC(C)(C)C2)c1ccccc1. The lowest BCUT2D eigenvalue weighted by atomic mass is 10.0. The standard InChI is InChI=1S/C21H27NO4S/c1-16(17-9-5-4-6-10-17)22-27(23,24)14-8-13-25-19-12-7-11-18-15-21(2,3)26-20(18)19/h4-7,9-12,16,22H,8,13-15H2,1-3H3. The van der Waals surface area contributed by atoms with Crippen molar-refractivity contribution in [1.82, 2.24) is 4.72 Å². The third-order valence-corrected chi connectivity index (χ3v) is 6.06. The molecule has 1 aliphatic rings. The van der Waals surface area contributed by atoms with E-state index in [1.165, 1.54) is 0 Å². The zero-order chi connectivity index (χ0) is 19.5. The van der Waals surface area contributed by atoms with Crippen LogP contribution >= 0.6 is 0 Å². The summed E-state index contributed by atoms with van der Waals surface area (Å²) in [6.45, 7) is 6.25. The van der Waals surface area contributed by atoms with Crippen molar-refractivity contribution in [2.75, 3.05) is 12.4 Å². The van der Waals surface area contributed by atoms with E-state index in [0.29, 0.717) is 18.8 Å². The van der Waals surface area contributed by atoms with Crippen molar-refractivity contribution >= 4 is 10.0 Å². The zero-order valence-electron chi connectivity index (χ0n) is 16.1. The molecule has 2 aromatic carbocycles. The molecule has 0 aliphatic carbocycles. The normalized spacial score (nSPS) is 16.4. The van der Waals surface area contributed by atoms with Crippen molar-refractivity contribution in [1.29, 1.82) is 0 Å². The molecule has 3 rings (SSSR count). The number of nitrogens with one attached hydrogen (secondary N) is 1. The Morgan fingerprint density at radius 2 is 1.89 bits per heavy atom. The summed E-state index contributed by atoms with van der Waals surface area (Å²) < 4.78 is 39.1. The summed E-state index contributed by atoms with van der Waals surface area (Å²) in [5, 5.41) is 0. The van der Waals surface area contributed by atoms with Gasteiger partial charge in [-0.25, -0.2) is 13.1 Å². The molecule has 0 fully saturated rings. The number of para-hydroxylation sites is 1. The summed E-state index contributed by atoms with van der Waals surface area (Å²) in [6, 6.07) is 15.1. The number of hydrogen-bond donors (Lipinski definition) is 1. The van der Waals surface area contributed by atoms with E-state index in [2.05, 4.69) is 4.72 Å². The summed E-state index contributed by atoms with van der Waals surface area (Å²) in [6.07, 6.45) is 1.25. The smallest absolute Gasteiger partial charge is 0.212 e. The molecule has 1 heterocycles. The molecule has 0 bridgehead atoms. The number of ether oxygens (including phenoxy) is 2. The van der Waals surface area contributed by atoms with E-state index in [1.807, 2.05) is 69.3 Å². The molecule has 1 aliphatic heterocycles.